The van der Waals surface area contributed by atoms with Gasteiger partial charge in [0.25, 0.3) is 10.0 Å². The molecule has 1 heterocycles. The molecule has 24 heavy (non-hydrogen) atoms. The molecule has 0 fully saturated rings. The van der Waals surface area contributed by atoms with Crippen molar-refractivity contribution in [2.24, 2.45) is 0 Å². The molecule has 0 aliphatic carbocycles. The molecule has 1 aliphatic heterocycles. The smallest absolute Gasteiger partial charge is 0.261 e. The van der Waals surface area contributed by atoms with Gasteiger partial charge in [0.15, 0.2) is 0 Å². The molecule has 0 saturated heterocycles. The van der Waals surface area contributed by atoms with Crippen molar-refractivity contribution in [1.29, 1.82) is 5.26 Å². The summed E-state index contributed by atoms with van der Waals surface area (Å²) in [7, 11) is -3.61. The van der Waals surface area contributed by atoms with E-state index in [0.717, 1.165) is 29.7 Å². The Bertz CT molecular complexity index is 883. The number of rotatable bonds is 4. The van der Waals surface area contributed by atoms with Crippen molar-refractivity contribution in [2.45, 2.75) is 37.2 Å². The lowest BCUT2D eigenvalue weighted by Gasteiger charge is -2.25. The topological polar surface area (TPSA) is 79.2 Å². The van der Waals surface area contributed by atoms with Crippen LogP contribution in [0.5, 0.6) is 5.75 Å². The highest BCUT2D eigenvalue weighted by Gasteiger charge is 2.21. The first-order chi connectivity index (χ1) is 11.5. The fourth-order valence-electron chi connectivity index (χ4n) is 2.69. The number of fused-ring (bicyclic) bond motifs is 1. The van der Waals surface area contributed by atoms with Crippen LogP contribution in [0, 0.1) is 18.3 Å². The molecule has 124 valence electrons. The summed E-state index contributed by atoms with van der Waals surface area (Å²) in [6.07, 6.45) is 1.80. The van der Waals surface area contributed by atoms with Gasteiger partial charge in [-0.1, -0.05) is 17.7 Å². The number of anilines is 1. The van der Waals surface area contributed by atoms with Crippen molar-refractivity contribution in [2.75, 3.05) is 4.72 Å². The zero-order valence-electron chi connectivity index (χ0n) is 13.3. The van der Waals surface area contributed by atoms with Crippen LogP contribution in [0.25, 0.3) is 0 Å². The Morgan fingerprint density at radius 2 is 2.00 bits per heavy atom. The zero-order valence-corrected chi connectivity index (χ0v) is 14.1. The van der Waals surface area contributed by atoms with Crippen molar-refractivity contribution in [3.63, 3.8) is 0 Å². The number of hydrogen-bond acceptors (Lipinski definition) is 4. The second-order valence-electron chi connectivity index (χ2n) is 5.88. The summed E-state index contributed by atoms with van der Waals surface area (Å²) in [5.74, 6) is 0.722. The molecule has 0 aromatic heterocycles. The maximum absolute atomic E-state index is 12.4. The number of ether oxygens (including phenoxy) is 1. The van der Waals surface area contributed by atoms with Crippen LogP contribution in [-0.4, -0.2) is 14.5 Å². The van der Waals surface area contributed by atoms with Gasteiger partial charge < -0.3 is 4.74 Å². The van der Waals surface area contributed by atoms with Crippen LogP contribution in [0.15, 0.2) is 47.4 Å². The number of nitriles is 1. The maximum Gasteiger partial charge on any atom is 0.261 e. The molecule has 1 unspecified atom stereocenters. The molecular weight excluding hydrogens is 324 g/mol. The van der Waals surface area contributed by atoms with Crippen LogP contribution in [0.1, 0.15) is 24.0 Å². The zero-order chi connectivity index (χ0) is 17.2. The highest BCUT2D eigenvalue weighted by Crippen LogP contribution is 2.31. The SMILES string of the molecule is Cc1ccc(S(=O)(=O)Nc2ccc3c(c2)CCC(CC#N)O3)cc1. The highest BCUT2D eigenvalue weighted by atomic mass is 32.2. The van der Waals surface area contributed by atoms with E-state index in [1.165, 1.54) is 0 Å². The highest BCUT2D eigenvalue weighted by molar-refractivity contribution is 7.92. The number of aryl methyl sites for hydroxylation is 2. The van der Waals surface area contributed by atoms with Gasteiger partial charge in [-0.2, -0.15) is 5.26 Å². The Kier molecular flexibility index (Phi) is 4.45. The molecule has 2 aromatic carbocycles. The van der Waals surface area contributed by atoms with Crippen LogP contribution in [-0.2, 0) is 16.4 Å². The summed E-state index contributed by atoms with van der Waals surface area (Å²) < 4.78 is 33.2. The lowest BCUT2D eigenvalue weighted by atomic mass is 10.0. The maximum atomic E-state index is 12.4. The number of sulfonamides is 1. The fourth-order valence-corrected chi connectivity index (χ4v) is 3.73. The van der Waals surface area contributed by atoms with Gasteiger partial charge in [-0.3, -0.25) is 4.72 Å². The first kappa shape index (κ1) is 16.3. The molecule has 5 nitrogen and oxygen atoms in total. The average Bonchev–Trinajstić information content (AvgIpc) is 2.55. The van der Waals surface area contributed by atoms with E-state index in [1.807, 2.05) is 6.92 Å². The Balaban J connectivity index is 1.79. The molecule has 0 amide bonds. The second-order valence-corrected chi connectivity index (χ2v) is 7.56. The van der Waals surface area contributed by atoms with Crippen LogP contribution in [0.4, 0.5) is 5.69 Å². The van der Waals surface area contributed by atoms with Gasteiger partial charge in [0, 0.05) is 5.69 Å². The van der Waals surface area contributed by atoms with E-state index >= 15 is 0 Å². The minimum absolute atomic E-state index is 0.0856. The lowest BCUT2D eigenvalue weighted by Crippen LogP contribution is -2.22. The van der Waals surface area contributed by atoms with Gasteiger partial charge in [-0.25, -0.2) is 8.42 Å². The lowest BCUT2D eigenvalue weighted by molar-refractivity contribution is 0.178. The van der Waals surface area contributed by atoms with E-state index in [-0.39, 0.29) is 11.0 Å². The Hall–Kier alpha value is -2.52. The molecule has 1 atom stereocenters. The van der Waals surface area contributed by atoms with E-state index < -0.39 is 10.0 Å². The third kappa shape index (κ3) is 3.52. The number of nitrogens with one attached hydrogen (secondary N) is 1. The molecule has 3 rings (SSSR count). The van der Waals surface area contributed by atoms with Crippen molar-refractivity contribution >= 4 is 15.7 Å². The molecule has 1 aliphatic rings. The van der Waals surface area contributed by atoms with E-state index in [1.54, 1.807) is 42.5 Å². The van der Waals surface area contributed by atoms with Crippen molar-refractivity contribution in [1.82, 2.24) is 0 Å². The summed E-state index contributed by atoms with van der Waals surface area (Å²) >= 11 is 0. The third-order valence-corrected chi connectivity index (χ3v) is 5.39. The van der Waals surface area contributed by atoms with Crippen LogP contribution in [0.2, 0.25) is 0 Å². The molecule has 0 saturated carbocycles. The molecule has 0 spiro atoms. The molecule has 0 radical (unpaired) electrons. The second kappa shape index (κ2) is 6.54. The molecule has 2 aromatic rings. The van der Waals surface area contributed by atoms with Gasteiger partial charge in [0.05, 0.1) is 17.4 Å². The largest absolute Gasteiger partial charge is 0.489 e. The van der Waals surface area contributed by atoms with E-state index in [0.29, 0.717) is 12.1 Å². The van der Waals surface area contributed by atoms with Gasteiger partial charge in [-0.05, 0) is 55.7 Å². The normalized spacial score (nSPS) is 16.6. The molecule has 0 bridgehead atoms. The minimum atomic E-state index is -3.61. The first-order valence-electron chi connectivity index (χ1n) is 7.74. The summed E-state index contributed by atoms with van der Waals surface area (Å²) in [5.41, 5.74) is 2.47. The van der Waals surface area contributed by atoms with Crippen LogP contribution in [0.3, 0.4) is 0 Å². The fraction of sp³-hybridized carbons (Fsp3) is 0.278. The third-order valence-electron chi connectivity index (χ3n) is 3.99. The monoisotopic (exact) mass is 342 g/mol. The number of hydrogen-bond donors (Lipinski definition) is 1. The first-order valence-corrected chi connectivity index (χ1v) is 9.22. The Labute approximate surface area is 141 Å². The van der Waals surface area contributed by atoms with Crippen molar-refractivity contribution in [3.05, 3.63) is 53.6 Å². The van der Waals surface area contributed by atoms with Gasteiger partial charge >= 0.3 is 0 Å². The molecular formula is C18H18N2O3S. The summed E-state index contributed by atoms with van der Waals surface area (Å²) in [6.45, 7) is 1.91. The minimum Gasteiger partial charge on any atom is -0.489 e. The van der Waals surface area contributed by atoms with Crippen LogP contribution >= 0.6 is 0 Å². The van der Waals surface area contributed by atoms with E-state index in [4.69, 9.17) is 10.00 Å². The van der Waals surface area contributed by atoms with Crippen molar-refractivity contribution in [3.8, 4) is 11.8 Å². The molecule has 1 N–H and O–H groups in total. The van der Waals surface area contributed by atoms with Gasteiger partial charge in [0.1, 0.15) is 11.9 Å². The van der Waals surface area contributed by atoms with Crippen molar-refractivity contribution < 1.29 is 13.2 Å². The predicted molar refractivity (Wildman–Crippen MR) is 91.4 cm³/mol. The quantitative estimate of drug-likeness (QED) is 0.923. The summed E-state index contributed by atoms with van der Waals surface area (Å²) in [6, 6.07) is 14.1. The Morgan fingerprint density at radius 1 is 1.25 bits per heavy atom. The number of benzene rings is 2. The molecule has 6 heteroatoms. The van der Waals surface area contributed by atoms with E-state index in [9.17, 15) is 8.42 Å². The summed E-state index contributed by atoms with van der Waals surface area (Å²) in [5, 5.41) is 8.76. The predicted octanol–water partition coefficient (Wildman–Crippen LogP) is 3.40. The Morgan fingerprint density at radius 3 is 2.71 bits per heavy atom. The van der Waals surface area contributed by atoms with E-state index in [2.05, 4.69) is 10.8 Å². The van der Waals surface area contributed by atoms with Crippen LogP contribution < -0.4 is 9.46 Å². The van der Waals surface area contributed by atoms with Gasteiger partial charge in [0.2, 0.25) is 0 Å². The van der Waals surface area contributed by atoms with Gasteiger partial charge in [-0.15, -0.1) is 0 Å². The standard InChI is InChI=1S/C18H18N2O3S/c1-13-2-7-17(8-3-13)24(21,22)20-15-5-9-18-14(12-15)4-6-16(23-18)10-11-19/h2-3,5,7-9,12,16,20H,4,6,10H2,1H3. The average molecular weight is 342 g/mol. The number of nitrogens with zero attached hydrogens (tertiary/aromatic N) is 1. The summed E-state index contributed by atoms with van der Waals surface area (Å²) in [4.78, 5) is 0.233.